The van der Waals surface area contributed by atoms with E-state index in [1.54, 1.807) is 0 Å². The Morgan fingerprint density at radius 1 is 1.18 bits per heavy atom. The molecule has 0 aromatic carbocycles. The second-order valence-electron chi connectivity index (χ2n) is 6.60. The summed E-state index contributed by atoms with van der Waals surface area (Å²) < 4.78 is 12.1. The smallest absolute Gasteiger partial charge is 0.101 e. The minimum absolute atomic E-state index is 0.0476. The third kappa shape index (κ3) is 3.33. The Morgan fingerprint density at radius 3 is 2.35 bits per heavy atom. The molecule has 3 unspecified atom stereocenters. The van der Waals surface area contributed by atoms with E-state index in [2.05, 4.69) is 62.1 Å². The van der Waals surface area contributed by atoms with Gasteiger partial charge in [0.05, 0.1) is 21.4 Å². The maximum atomic E-state index is 6.09. The van der Waals surface area contributed by atoms with Crippen LogP contribution in [0.2, 0.25) is 0 Å². The molecule has 4 heteroatoms. The van der Waals surface area contributed by atoms with E-state index in [0.29, 0.717) is 18.2 Å². The topological polar surface area (TPSA) is 21.7 Å². The average Bonchev–Trinajstić information content (AvgIpc) is 2.55. The van der Waals surface area contributed by atoms with E-state index >= 15 is 0 Å². The molecule has 2 aliphatic rings. The Morgan fingerprint density at radius 2 is 1.82 bits per heavy atom. The van der Waals surface area contributed by atoms with Gasteiger partial charge >= 0.3 is 0 Å². The molecule has 1 heterocycles. The fourth-order valence-corrected chi connectivity index (χ4v) is 3.35. The number of nitrogens with zero attached hydrogens (tertiary/aromatic N) is 1. The Bertz CT molecular complexity index is 282. The van der Waals surface area contributed by atoms with Crippen LogP contribution in [-0.4, -0.2) is 39.0 Å². The zero-order valence-electron chi connectivity index (χ0n) is 11.5. The summed E-state index contributed by atoms with van der Waals surface area (Å²) >= 11 is 2.50. The van der Waals surface area contributed by atoms with E-state index in [9.17, 15) is 0 Å². The van der Waals surface area contributed by atoms with Gasteiger partial charge in [0.1, 0.15) is 6.73 Å². The van der Waals surface area contributed by atoms with E-state index in [1.807, 2.05) is 0 Å². The number of rotatable bonds is 2. The van der Waals surface area contributed by atoms with E-state index in [4.69, 9.17) is 9.47 Å². The molecule has 0 N–H and O–H groups in total. The monoisotopic (exact) mass is 353 g/mol. The minimum Gasteiger partial charge on any atom is -0.372 e. The summed E-state index contributed by atoms with van der Waals surface area (Å²) in [6.07, 6.45) is 2.88. The lowest BCUT2D eigenvalue weighted by Crippen LogP contribution is -2.43. The first-order chi connectivity index (χ1) is 7.67. The molecule has 0 spiro atoms. The first-order valence-corrected chi connectivity index (χ1v) is 7.50. The SMILES string of the molecule is CC(C)(C)OC1CC2OCN(C(C)(C)I)C2C1. The fraction of sp³-hybridized carbons (Fsp3) is 1.00. The van der Waals surface area contributed by atoms with Gasteiger partial charge in [0.15, 0.2) is 0 Å². The lowest BCUT2D eigenvalue weighted by Gasteiger charge is -2.33. The third-order valence-electron chi connectivity index (χ3n) is 3.46. The average molecular weight is 353 g/mol. The molecule has 2 rings (SSSR count). The number of ether oxygens (including phenoxy) is 2. The van der Waals surface area contributed by atoms with E-state index in [0.717, 1.165) is 19.6 Å². The van der Waals surface area contributed by atoms with Crippen molar-refractivity contribution in [3.05, 3.63) is 0 Å². The minimum atomic E-state index is -0.0476. The van der Waals surface area contributed by atoms with E-state index in [-0.39, 0.29) is 9.15 Å². The van der Waals surface area contributed by atoms with Crippen molar-refractivity contribution in [2.24, 2.45) is 0 Å². The standard InChI is InChI=1S/C13H24INO2/c1-12(2,3)17-9-6-10-11(7-9)16-8-15(10)13(4,5)14/h9-11H,6-8H2,1-5H3. The Balaban J connectivity index is 1.98. The van der Waals surface area contributed by atoms with Gasteiger partial charge in [-0.25, -0.2) is 0 Å². The normalized spacial score (nSPS) is 35.3. The van der Waals surface area contributed by atoms with Crippen molar-refractivity contribution in [1.82, 2.24) is 4.90 Å². The zero-order valence-corrected chi connectivity index (χ0v) is 13.7. The summed E-state index contributed by atoms with van der Waals surface area (Å²) in [5.74, 6) is 0. The molecule has 2 fully saturated rings. The van der Waals surface area contributed by atoms with Crippen molar-refractivity contribution in [3.8, 4) is 0 Å². The first-order valence-electron chi connectivity index (χ1n) is 6.42. The van der Waals surface area contributed by atoms with Crippen molar-refractivity contribution in [1.29, 1.82) is 0 Å². The van der Waals surface area contributed by atoms with Crippen LogP contribution in [0, 0.1) is 0 Å². The highest BCUT2D eigenvalue weighted by Gasteiger charge is 2.48. The predicted octanol–water partition coefficient (Wildman–Crippen LogP) is 3.16. The maximum Gasteiger partial charge on any atom is 0.101 e. The van der Waals surface area contributed by atoms with Crippen LogP contribution < -0.4 is 0 Å². The molecule has 1 aliphatic heterocycles. The molecule has 3 atom stereocenters. The summed E-state index contributed by atoms with van der Waals surface area (Å²) in [6, 6.07) is 0.536. The van der Waals surface area contributed by atoms with E-state index in [1.165, 1.54) is 0 Å². The number of halogens is 1. The zero-order chi connectivity index (χ0) is 12.8. The Labute approximate surface area is 118 Å². The lowest BCUT2D eigenvalue weighted by atomic mass is 10.1. The van der Waals surface area contributed by atoms with Gasteiger partial charge in [0, 0.05) is 12.5 Å². The molecule has 3 nitrogen and oxygen atoms in total. The fourth-order valence-electron chi connectivity index (χ4n) is 2.86. The van der Waals surface area contributed by atoms with Crippen LogP contribution in [0.5, 0.6) is 0 Å². The van der Waals surface area contributed by atoms with Gasteiger partial charge in [-0.3, -0.25) is 4.90 Å². The highest BCUT2D eigenvalue weighted by Crippen LogP contribution is 2.40. The molecular weight excluding hydrogens is 329 g/mol. The van der Waals surface area contributed by atoms with Crippen LogP contribution in [0.15, 0.2) is 0 Å². The lowest BCUT2D eigenvalue weighted by molar-refractivity contribution is -0.0698. The van der Waals surface area contributed by atoms with Crippen LogP contribution >= 0.6 is 22.6 Å². The highest BCUT2D eigenvalue weighted by atomic mass is 127. The van der Waals surface area contributed by atoms with Gasteiger partial charge in [0.2, 0.25) is 0 Å². The predicted molar refractivity (Wildman–Crippen MR) is 77.3 cm³/mol. The highest BCUT2D eigenvalue weighted by molar-refractivity contribution is 14.1. The summed E-state index contributed by atoms with van der Waals surface area (Å²) in [6.45, 7) is 11.6. The third-order valence-corrected chi connectivity index (χ3v) is 4.08. The second kappa shape index (κ2) is 4.62. The summed E-state index contributed by atoms with van der Waals surface area (Å²) in [4.78, 5) is 2.46. The van der Waals surface area contributed by atoms with Crippen LogP contribution in [0.1, 0.15) is 47.5 Å². The first kappa shape index (κ1) is 14.0. The van der Waals surface area contributed by atoms with Crippen LogP contribution in [0.25, 0.3) is 0 Å². The van der Waals surface area contributed by atoms with Gasteiger partial charge in [-0.15, -0.1) is 0 Å². The molecule has 0 aromatic heterocycles. The molecule has 0 amide bonds. The van der Waals surface area contributed by atoms with Crippen LogP contribution in [0.4, 0.5) is 0 Å². The number of alkyl halides is 1. The number of hydrogen-bond acceptors (Lipinski definition) is 3. The molecule has 100 valence electrons. The summed E-state index contributed by atoms with van der Waals surface area (Å²) in [5.41, 5.74) is -0.0476. The molecule has 0 aromatic rings. The van der Waals surface area contributed by atoms with Gasteiger partial charge in [-0.1, -0.05) is 22.6 Å². The molecule has 1 saturated carbocycles. The van der Waals surface area contributed by atoms with Gasteiger partial charge in [0.25, 0.3) is 0 Å². The van der Waals surface area contributed by atoms with Crippen molar-refractivity contribution < 1.29 is 9.47 Å². The quantitative estimate of drug-likeness (QED) is 0.433. The number of hydrogen-bond donors (Lipinski definition) is 0. The molecule has 0 bridgehead atoms. The van der Waals surface area contributed by atoms with Crippen LogP contribution in [-0.2, 0) is 9.47 Å². The Hall–Kier alpha value is 0.610. The van der Waals surface area contributed by atoms with Crippen molar-refractivity contribution >= 4 is 22.6 Å². The van der Waals surface area contributed by atoms with Gasteiger partial charge in [-0.05, 0) is 41.0 Å². The van der Waals surface area contributed by atoms with Crippen molar-refractivity contribution in [3.63, 3.8) is 0 Å². The van der Waals surface area contributed by atoms with Crippen molar-refractivity contribution in [2.45, 2.75) is 74.9 Å². The molecular formula is C13H24INO2. The number of fused-ring (bicyclic) bond motifs is 1. The molecule has 0 radical (unpaired) electrons. The summed E-state index contributed by atoms with van der Waals surface area (Å²) in [7, 11) is 0. The van der Waals surface area contributed by atoms with Crippen molar-refractivity contribution in [2.75, 3.05) is 6.73 Å². The summed E-state index contributed by atoms with van der Waals surface area (Å²) in [5, 5.41) is 0. The van der Waals surface area contributed by atoms with Crippen LogP contribution in [0.3, 0.4) is 0 Å². The Kier molecular flexibility index (Phi) is 3.81. The molecule has 17 heavy (non-hydrogen) atoms. The van der Waals surface area contributed by atoms with Gasteiger partial charge in [-0.2, -0.15) is 0 Å². The molecule has 1 aliphatic carbocycles. The second-order valence-corrected chi connectivity index (χ2v) is 9.24. The molecule has 1 saturated heterocycles. The largest absolute Gasteiger partial charge is 0.372 e. The van der Waals surface area contributed by atoms with Gasteiger partial charge < -0.3 is 9.47 Å². The van der Waals surface area contributed by atoms with E-state index < -0.39 is 0 Å². The maximum absolute atomic E-state index is 6.09.